The fraction of sp³-hybridized carbons (Fsp3) is 0.320. The summed E-state index contributed by atoms with van der Waals surface area (Å²) in [6.45, 7) is 0.226. The Bertz CT molecular complexity index is 1110. The highest BCUT2D eigenvalue weighted by Gasteiger charge is 2.46. The number of carboxylic acid groups (broad SMARTS) is 1. The number of halogens is 1. The van der Waals surface area contributed by atoms with Crippen molar-refractivity contribution in [3.63, 3.8) is 0 Å². The molecule has 0 saturated carbocycles. The molecule has 180 valence electrons. The number of benzene rings is 2. The third kappa shape index (κ3) is 5.34. The molecule has 2 aromatic carbocycles. The van der Waals surface area contributed by atoms with Crippen LogP contribution >= 0.6 is 11.6 Å². The molecule has 2 aromatic rings. The molecule has 1 heterocycles. The van der Waals surface area contributed by atoms with E-state index in [2.05, 4.69) is 0 Å². The van der Waals surface area contributed by atoms with Crippen LogP contribution in [0.15, 0.2) is 48.0 Å². The first-order chi connectivity index (χ1) is 16.3. The number of hydrogen-bond donors (Lipinski definition) is 2. The van der Waals surface area contributed by atoms with E-state index in [9.17, 15) is 19.5 Å². The number of amides is 1. The Hall–Kier alpha value is -3.52. The number of nitrogens with zero attached hydrogens (tertiary/aromatic N) is 1. The van der Waals surface area contributed by atoms with E-state index in [1.165, 1.54) is 25.2 Å². The monoisotopic (exact) mass is 487 g/mol. The number of rotatable bonds is 10. The molecule has 34 heavy (non-hydrogen) atoms. The minimum Gasteiger partial charge on any atom is -0.507 e. The molecule has 3 rings (SSSR count). The van der Waals surface area contributed by atoms with Gasteiger partial charge in [0.05, 0.1) is 31.4 Å². The molecule has 9 heteroatoms. The molecule has 1 atom stereocenters. The van der Waals surface area contributed by atoms with Crippen LogP contribution in [0.2, 0.25) is 5.02 Å². The van der Waals surface area contributed by atoms with Gasteiger partial charge in [-0.2, -0.15) is 0 Å². The molecule has 0 aromatic heterocycles. The molecule has 1 fully saturated rings. The largest absolute Gasteiger partial charge is 0.507 e. The van der Waals surface area contributed by atoms with Crippen LogP contribution in [0.5, 0.6) is 11.5 Å². The number of aliphatic carboxylic acids is 1. The van der Waals surface area contributed by atoms with Gasteiger partial charge in [0.1, 0.15) is 17.3 Å². The van der Waals surface area contributed by atoms with Crippen molar-refractivity contribution >= 4 is 35.0 Å². The summed E-state index contributed by atoms with van der Waals surface area (Å²) in [5.41, 5.74) is 0.766. The number of aliphatic hydroxyl groups is 1. The lowest BCUT2D eigenvalue weighted by Crippen LogP contribution is -2.30. The first-order valence-corrected chi connectivity index (χ1v) is 11.1. The van der Waals surface area contributed by atoms with E-state index >= 15 is 0 Å². The first kappa shape index (κ1) is 25.1. The van der Waals surface area contributed by atoms with Gasteiger partial charge in [0.15, 0.2) is 0 Å². The molecular formula is C25H26ClNO7. The zero-order valence-electron chi connectivity index (χ0n) is 18.9. The molecule has 0 bridgehead atoms. The topological polar surface area (TPSA) is 113 Å². The van der Waals surface area contributed by atoms with Gasteiger partial charge in [-0.15, -0.1) is 0 Å². The van der Waals surface area contributed by atoms with Gasteiger partial charge in [-0.3, -0.25) is 14.4 Å². The summed E-state index contributed by atoms with van der Waals surface area (Å²) >= 11 is 6.04. The molecule has 1 aliphatic heterocycles. The van der Waals surface area contributed by atoms with E-state index in [1.54, 1.807) is 36.4 Å². The van der Waals surface area contributed by atoms with Crippen molar-refractivity contribution in [2.75, 3.05) is 20.8 Å². The van der Waals surface area contributed by atoms with Gasteiger partial charge < -0.3 is 24.6 Å². The normalized spacial score (nSPS) is 17.1. The molecule has 1 amide bonds. The van der Waals surface area contributed by atoms with Crippen LogP contribution in [0.25, 0.3) is 5.76 Å². The van der Waals surface area contributed by atoms with E-state index in [0.29, 0.717) is 41.3 Å². The fourth-order valence-corrected chi connectivity index (χ4v) is 4.11. The number of aliphatic hydroxyl groups excluding tert-OH is 1. The lowest BCUT2D eigenvalue weighted by molar-refractivity contribution is -0.140. The summed E-state index contributed by atoms with van der Waals surface area (Å²) in [5, 5.41) is 20.6. The highest BCUT2D eigenvalue weighted by molar-refractivity contribution is 6.46. The van der Waals surface area contributed by atoms with Crippen LogP contribution in [0.3, 0.4) is 0 Å². The summed E-state index contributed by atoms with van der Waals surface area (Å²) in [4.78, 5) is 38.3. The fourth-order valence-electron chi connectivity index (χ4n) is 3.98. The number of ketones is 1. The lowest BCUT2D eigenvalue weighted by atomic mass is 9.95. The standard InChI is InChI=1S/C25H26ClNO7/c1-33-17-11-12-19(34-2)18(14-17)23(30)21-22(15-7-9-16(26)10-8-15)27(25(32)24(21)31)13-5-3-4-6-20(28)29/h7-12,14,22,30H,3-6,13H2,1-2H3,(H,28,29). The minimum absolute atomic E-state index is 0.0368. The van der Waals surface area contributed by atoms with E-state index < -0.39 is 23.7 Å². The zero-order valence-corrected chi connectivity index (χ0v) is 19.7. The van der Waals surface area contributed by atoms with Crippen LogP contribution in [-0.2, 0) is 14.4 Å². The second-order valence-corrected chi connectivity index (χ2v) is 8.25. The van der Waals surface area contributed by atoms with Crippen LogP contribution in [0.1, 0.15) is 42.9 Å². The van der Waals surface area contributed by atoms with E-state index in [-0.39, 0.29) is 29.9 Å². The molecule has 1 unspecified atom stereocenters. The van der Waals surface area contributed by atoms with Crippen molar-refractivity contribution in [2.24, 2.45) is 0 Å². The van der Waals surface area contributed by atoms with Crippen molar-refractivity contribution in [1.29, 1.82) is 0 Å². The van der Waals surface area contributed by atoms with Gasteiger partial charge >= 0.3 is 5.97 Å². The number of carbonyl (C=O) groups is 3. The van der Waals surface area contributed by atoms with Gasteiger partial charge in [0.25, 0.3) is 11.7 Å². The van der Waals surface area contributed by atoms with Crippen LogP contribution in [-0.4, -0.2) is 53.5 Å². The summed E-state index contributed by atoms with van der Waals surface area (Å²) in [5.74, 6) is -2.04. The van der Waals surface area contributed by atoms with Crippen molar-refractivity contribution in [3.8, 4) is 11.5 Å². The predicted octanol–water partition coefficient (Wildman–Crippen LogP) is 4.42. The van der Waals surface area contributed by atoms with Crippen LogP contribution < -0.4 is 9.47 Å². The number of hydrogen-bond acceptors (Lipinski definition) is 6. The maximum absolute atomic E-state index is 13.1. The summed E-state index contributed by atoms with van der Waals surface area (Å²) in [6, 6.07) is 10.6. The Labute approximate surface area is 202 Å². The van der Waals surface area contributed by atoms with Crippen molar-refractivity contribution in [2.45, 2.75) is 31.7 Å². The molecule has 0 radical (unpaired) electrons. The van der Waals surface area contributed by atoms with Gasteiger partial charge in [0, 0.05) is 18.0 Å². The third-order valence-corrected chi connectivity index (χ3v) is 5.93. The van der Waals surface area contributed by atoms with Gasteiger partial charge in [-0.05, 0) is 48.7 Å². The number of carbonyl (C=O) groups excluding carboxylic acids is 2. The van der Waals surface area contributed by atoms with Gasteiger partial charge in [-0.25, -0.2) is 0 Å². The van der Waals surface area contributed by atoms with Crippen LogP contribution in [0, 0.1) is 0 Å². The third-order valence-electron chi connectivity index (χ3n) is 5.68. The van der Waals surface area contributed by atoms with Crippen molar-refractivity contribution < 1.29 is 34.1 Å². The van der Waals surface area contributed by atoms with E-state index in [0.717, 1.165) is 0 Å². The molecule has 0 aliphatic carbocycles. The average Bonchev–Trinajstić information content (AvgIpc) is 3.08. The highest BCUT2D eigenvalue weighted by Crippen LogP contribution is 2.42. The first-order valence-electron chi connectivity index (χ1n) is 10.8. The molecule has 8 nitrogen and oxygen atoms in total. The SMILES string of the molecule is COc1ccc(OC)c(C(O)=C2C(=O)C(=O)N(CCCCCC(=O)O)C2c2ccc(Cl)cc2)c1. The maximum atomic E-state index is 13.1. The Kier molecular flexibility index (Phi) is 8.17. The van der Waals surface area contributed by atoms with Crippen LogP contribution in [0.4, 0.5) is 0 Å². The molecule has 0 spiro atoms. The van der Waals surface area contributed by atoms with Crippen molar-refractivity contribution in [1.82, 2.24) is 4.90 Å². The lowest BCUT2D eigenvalue weighted by Gasteiger charge is -2.25. The molecule has 2 N–H and O–H groups in total. The Morgan fingerprint density at radius 2 is 1.71 bits per heavy atom. The number of Topliss-reactive ketones (excluding diaryl/α,β-unsaturated/α-hetero) is 1. The number of methoxy groups -OCH3 is 2. The Morgan fingerprint density at radius 3 is 2.32 bits per heavy atom. The molecule has 1 aliphatic rings. The summed E-state index contributed by atoms with van der Waals surface area (Å²) in [6.07, 6.45) is 1.58. The van der Waals surface area contributed by atoms with E-state index in [4.69, 9.17) is 26.2 Å². The Morgan fingerprint density at radius 1 is 1.00 bits per heavy atom. The highest BCUT2D eigenvalue weighted by atomic mass is 35.5. The zero-order chi connectivity index (χ0) is 24.8. The number of carboxylic acids is 1. The molecular weight excluding hydrogens is 462 g/mol. The van der Waals surface area contributed by atoms with Gasteiger partial charge in [-0.1, -0.05) is 30.2 Å². The van der Waals surface area contributed by atoms with Gasteiger partial charge in [0.2, 0.25) is 0 Å². The second kappa shape index (κ2) is 11.1. The molecule has 1 saturated heterocycles. The average molecular weight is 488 g/mol. The number of unbranched alkanes of at least 4 members (excludes halogenated alkanes) is 2. The number of likely N-dealkylation sites (tertiary alicyclic amines) is 1. The summed E-state index contributed by atoms with van der Waals surface area (Å²) < 4.78 is 10.6. The van der Waals surface area contributed by atoms with Crippen molar-refractivity contribution in [3.05, 3.63) is 64.2 Å². The number of ether oxygens (including phenoxy) is 2. The summed E-state index contributed by atoms with van der Waals surface area (Å²) in [7, 11) is 2.91. The Balaban J connectivity index is 2.06. The smallest absolute Gasteiger partial charge is 0.303 e. The minimum atomic E-state index is -0.881. The quantitative estimate of drug-likeness (QED) is 0.220. The second-order valence-electron chi connectivity index (χ2n) is 7.81. The maximum Gasteiger partial charge on any atom is 0.303 e. The van der Waals surface area contributed by atoms with E-state index in [1.807, 2.05) is 0 Å². The predicted molar refractivity (Wildman–Crippen MR) is 126 cm³/mol.